The smallest absolute Gasteiger partial charge is 0.328 e. The number of amides is 1. The number of hydrogen-bond donors (Lipinski definition) is 1. The van der Waals surface area contributed by atoms with Crippen LogP contribution in [0, 0.1) is 5.92 Å². The van der Waals surface area contributed by atoms with Crippen LogP contribution in [0.25, 0.3) is 28.2 Å². The van der Waals surface area contributed by atoms with Crippen molar-refractivity contribution in [3.05, 3.63) is 77.3 Å². The fraction of sp³-hybridized carbons (Fsp3) is 0.333. The minimum absolute atomic E-state index is 0.0346. The summed E-state index contributed by atoms with van der Waals surface area (Å²) in [5, 5.41) is 6.96. The highest BCUT2D eigenvalue weighted by Gasteiger charge is 2.44. The Kier molecular flexibility index (Phi) is 7.93. The van der Waals surface area contributed by atoms with Gasteiger partial charge in [0.25, 0.3) is 0 Å². The van der Waals surface area contributed by atoms with E-state index in [9.17, 15) is 9.59 Å². The number of thiazole rings is 1. The maximum absolute atomic E-state index is 14.0. The van der Waals surface area contributed by atoms with Crippen molar-refractivity contribution in [2.45, 2.75) is 51.3 Å². The summed E-state index contributed by atoms with van der Waals surface area (Å²) in [5.74, 6) is 0.0220. The lowest BCUT2D eigenvalue weighted by Gasteiger charge is -2.29. The van der Waals surface area contributed by atoms with Gasteiger partial charge in [0.15, 0.2) is 5.13 Å². The van der Waals surface area contributed by atoms with Crippen molar-refractivity contribution in [1.82, 2.24) is 14.9 Å². The van der Waals surface area contributed by atoms with E-state index in [1.807, 2.05) is 61.7 Å². The Hall–Kier alpha value is -4.24. The van der Waals surface area contributed by atoms with Crippen LogP contribution in [-0.4, -0.2) is 58.6 Å². The molecule has 2 aromatic heterocycles. The first-order valence-corrected chi connectivity index (χ1v) is 15.2. The van der Waals surface area contributed by atoms with Gasteiger partial charge in [0.2, 0.25) is 5.91 Å². The van der Waals surface area contributed by atoms with E-state index in [1.165, 1.54) is 18.4 Å². The first-order chi connectivity index (χ1) is 20.4. The lowest BCUT2D eigenvalue weighted by atomic mass is 10.0. The zero-order valence-corrected chi connectivity index (χ0v) is 24.8. The number of hydrogen-bond acceptors (Lipinski definition) is 8. The Bertz CT molecular complexity index is 1630. The molecule has 0 radical (unpaired) electrons. The van der Waals surface area contributed by atoms with Crippen LogP contribution in [0.15, 0.2) is 66.1 Å². The van der Waals surface area contributed by atoms with E-state index < -0.39 is 24.2 Å². The maximum atomic E-state index is 14.0. The number of pyridine rings is 1. The number of aryl methyl sites for hydroxylation is 1. The summed E-state index contributed by atoms with van der Waals surface area (Å²) in [6.45, 7) is 4.24. The van der Waals surface area contributed by atoms with Gasteiger partial charge in [-0.05, 0) is 36.5 Å². The topological polar surface area (TPSA) is 93.7 Å². The Morgan fingerprint density at radius 1 is 1.14 bits per heavy atom. The number of nitrogens with one attached hydrogen (secondary N) is 1. The molecule has 6 rings (SSSR count). The average Bonchev–Trinajstić information content (AvgIpc) is 3.64. The second-order valence-corrected chi connectivity index (χ2v) is 12.0. The van der Waals surface area contributed by atoms with Crippen LogP contribution in [0.2, 0.25) is 0 Å². The van der Waals surface area contributed by atoms with Crippen LogP contribution in [0.3, 0.4) is 0 Å². The van der Waals surface area contributed by atoms with Gasteiger partial charge in [0.1, 0.15) is 23.9 Å². The Balaban J connectivity index is 1.44. The van der Waals surface area contributed by atoms with Crippen LogP contribution >= 0.6 is 11.3 Å². The van der Waals surface area contributed by atoms with Gasteiger partial charge in [-0.2, -0.15) is 0 Å². The molecular formula is C33H34N4O4S. The zero-order valence-electron chi connectivity index (χ0n) is 23.9. The predicted octanol–water partition coefficient (Wildman–Crippen LogP) is 5.98. The molecule has 216 valence electrons. The molecule has 2 aliphatic heterocycles. The van der Waals surface area contributed by atoms with Gasteiger partial charge in [-0.15, -0.1) is 11.3 Å². The van der Waals surface area contributed by atoms with E-state index in [0.717, 1.165) is 46.3 Å². The third-order valence-corrected chi connectivity index (χ3v) is 8.64. The molecule has 0 aliphatic carbocycles. The zero-order chi connectivity index (χ0) is 29.2. The van der Waals surface area contributed by atoms with Crippen molar-refractivity contribution in [3.8, 4) is 17.0 Å². The first-order valence-electron chi connectivity index (χ1n) is 14.3. The number of aromatic nitrogens is 2. The molecule has 6 bridgehead atoms. The number of ether oxygens (including phenoxy) is 2. The van der Waals surface area contributed by atoms with Crippen LogP contribution in [0.4, 0.5) is 5.13 Å². The van der Waals surface area contributed by atoms with Gasteiger partial charge < -0.3 is 19.7 Å². The normalized spacial score (nSPS) is 21.5. The van der Waals surface area contributed by atoms with Gasteiger partial charge in [-0.25, -0.2) is 14.8 Å². The van der Waals surface area contributed by atoms with Crippen molar-refractivity contribution in [2.24, 2.45) is 5.92 Å². The molecule has 1 saturated heterocycles. The molecule has 8 nitrogen and oxygen atoms in total. The summed E-state index contributed by atoms with van der Waals surface area (Å²) in [6.07, 6.45) is 5.80. The van der Waals surface area contributed by atoms with E-state index in [1.54, 1.807) is 4.90 Å². The summed E-state index contributed by atoms with van der Waals surface area (Å²) in [7, 11) is 1.35. The van der Waals surface area contributed by atoms with Gasteiger partial charge in [0, 0.05) is 28.8 Å². The molecule has 42 heavy (non-hydrogen) atoms. The first kappa shape index (κ1) is 27.9. The maximum Gasteiger partial charge on any atom is 0.328 e. The lowest BCUT2D eigenvalue weighted by Crippen LogP contribution is -2.50. The predicted molar refractivity (Wildman–Crippen MR) is 165 cm³/mol. The summed E-state index contributed by atoms with van der Waals surface area (Å²) in [4.78, 5) is 38.2. The number of anilines is 1. The molecule has 1 amide bonds. The number of carbonyl (C=O) groups excluding carboxylic acids is 2. The van der Waals surface area contributed by atoms with Crippen molar-refractivity contribution in [1.29, 1.82) is 0 Å². The van der Waals surface area contributed by atoms with Crippen molar-refractivity contribution in [2.75, 3.05) is 19.0 Å². The van der Waals surface area contributed by atoms with Crippen LogP contribution in [0.5, 0.6) is 5.75 Å². The molecule has 0 saturated carbocycles. The monoisotopic (exact) mass is 582 g/mol. The summed E-state index contributed by atoms with van der Waals surface area (Å²) in [5.41, 5.74) is 4.61. The molecule has 4 aromatic rings. The third-order valence-electron chi connectivity index (χ3n) is 7.82. The minimum Gasteiger partial charge on any atom is -0.488 e. The van der Waals surface area contributed by atoms with Gasteiger partial charge in [0.05, 0.1) is 30.6 Å². The van der Waals surface area contributed by atoms with Crippen molar-refractivity contribution < 1.29 is 19.1 Å². The van der Waals surface area contributed by atoms with E-state index in [0.29, 0.717) is 17.3 Å². The Morgan fingerprint density at radius 3 is 2.76 bits per heavy atom. The fourth-order valence-electron chi connectivity index (χ4n) is 5.60. The van der Waals surface area contributed by atoms with Gasteiger partial charge in [-0.1, -0.05) is 62.4 Å². The fourth-order valence-corrected chi connectivity index (χ4v) is 6.38. The summed E-state index contributed by atoms with van der Waals surface area (Å²) < 4.78 is 11.8. The standard InChI is InChI=1S/C33H34N4O4S/c1-20(2)30-31(38)37-18-24(16-28(37)32(39)40-3)41-29-17-27(22-10-5-4-6-11-22)35-26-14-13-21(15-25(26)29)9-7-8-12-23-19-42-33(34-23)36-30/h4-7,9-11,13-15,17,19-20,24,28,30H,8,12,16,18H2,1-3H3,(H,34,36)/b9-7+/t24-,28+,30+/m1/s1. The molecule has 2 aromatic carbocycles. The highest BCUT2D eigenvalue weighted by atomic mass is 32.1. The molecule has 4 heterocycles. The van der Waals surface area contributed by atoms with E-state index in [-0.39, 0.29) is 18.4 Å². The average molecular weight is 583 g/mol. The Labute approximate surface area is 249 Å². The highest BCUT2D eigenvalue weighted by Crippen LogP contribution is 2.34. The molecule has 1 fully saturated rings. The number of benzene rings is 2. The highest BCUT2D eigenvalue weighted by molar-refractivity contribution is 7.13. The Morgan fingerprint density at radius 2 is 1.98 bits per heavy atom. The van der Waals surface area contributed by atoms with Crippen LogP contribution in [-0.2, 0) is 20.7 Å². The SMILES string of the molecule is COC(=O)[C@@H]1C[C@@H]2CN1C(=O)[C@H](C(C)C)Nc1nc(cs1)CC/C=C/c1ccc3nc(-c4ccccc4)cc(c3c1)O2. The molecule has 1 N–H and O–H groups in total. The van der Waals surface area contributed by atoms with Gasteiger partial charge in [-0.3, -0.25) is 4.79 Å². The number of allylic oxidation sites excluding steroid dienone is 1. The third kappa shape index (κ3) is 5.74. The molecule has 0 spiro atoms. The van der Waals surface area contributed by atoms with Crippen molar-refractivity contribution >= 4 is 45.3 Å². The number of fused-ring (bicyclic) bond motifs is 5. The second-order valence-electron chi connectivity index (χ2n) is 11.1. The number of rotatable bonds is 3. The largest absolute Gasteiger partial charge is 0.488 e. The molecule has 9 heteroatoms. The molecule has 0 unspecified atom stereocenters. The number of carbonyl (C=O) groups is 2. The van der Waals surface area contributed by atoms with Crippen LogP contribution in [0.1, 0.15) is 37.9 Å². The van der Waals surface area contributed by atoms with Gasteiger partial charge >= 0.3 is 5.97 Å². The lowest BCUT2D eigenvalue weighted by molar-refractivity contribution is -0.151. The number of nitrogens with zero attached hydrogens (tertiary/aromatic N) is 3. The quantitative estimate of drug-likeness (QED) is 0.297. The van der Waals surface area contributed by atoms with E-state index in [4.69, 9.17) is 19.4 Å². The second kappa shape index (κ2) is 11.9. The van der Waals surface area contributed by atoms with Crippen molar-refractivity contribution in [3.63, 3.8) is 0 Å². The summed E-state index contributed by atoms with van der Waals surface area (Å²) in [6, 6.07) is 16.8. The summed E-state index contributed by atoms with van der Waals surface area (Å²) >= 11 is 1.49. The molecule has 3 atom stereocenters. The van der Waals surface area contributed by atoms with E-state index >= 15 is 0 Å². The number of esters is 1. The van der Waals surface area contributed by atoms with Crippen LogP contribution < -0.4 is 10.1 Å². The number of methoxy groups -OCH3 is 1. The minimum atomic E-state index is -0.746. The molecule has 2 aliphatic rings. The molecular weight excluding hydrogens is 548 g/mol. The van der Waals surface area contributed by atoms with E-state index in [2.05, 4.69) is 29.6 Å².